The van der Waals surface area contributed by atoms with Gasteiger partial charge in [-0.3, -0.25) is 4.99 Å². The van der Waals surface area contributed by atoms with Gasteiger partial charge in [-0.05, 0) is 54.4 Å². The predicted octanol–water partition coefficient (Wildman–Crippen LogP) is 3.91. The first-order valence-corrected chi connectivity index (χ1v) is 16.0. The number of nitrogens with two attached hydrogens (primary N) is 1. The second kappa shape index (κ2) is 9.57. The normalized spacial score (nSPS) is 25.9. The van der Waals surface area contributed by atoms with Gasteiger partial charge in [0.1, 0.15) is 32.2 Å². The highest BCUT2D eigenvalue weighted by Gasteiger charge is 2.49. The van der Waals surface area contributed by atoms with Gasteiger partial charge < -0.3 is 10.8 Å². The molecule has 2 rings (SSSR count). The van der Waals surface area contributed by atoms with Crippen LogP contribution in [0.4, 0.5) is 4.39 Å². The van der Waals surface area contributed by atoms with E-state index in [0.717, 1.165) is 23.3 Å². The average Bonchev–Trinajstić information content (AvgIpc) is 2.70. The van der Waals surface area contributed by atoms with E-state index in [9.17, 15) is 4.21 Å². The number of nitrogens with zero attached hydrogens (tertiary/aromatic N) is 3. The first kappa shape index (κ1) is 26.4. The second-order valence-electron chi connectivity index (χ2n) is 8.99. The maximum atomic E-state index is 16.1. The Morgan fingerprint density at radius 3 is 2.39 bits per heavy atom. The largest absolute Gasteiger partial charge is 0.396 e. The minimum atomic E-state index is -2.89. The monoisotopic (exact) mass is 534 g/mol. The summed E-state index contributed by atoms with van der Waals surface area (Å²) in [7, 11) is -4.94. The third-order valence-corrected chi connectivity index (χ3v) is 16.2. The maximum absolute atomic E-state index is 16.1. The van der Waals surface area contributed by atoms with Crippen molar-refractivity contribution in [3.8, 4) is 0 Å². The summed E-state index contributed by atoms with van der Waals surface area (Å²) in [6.07, 6.45) is 0.409. The van der Waals surface area contributed by atoms with E-state index in [2.05, 4.69) is 51.0 Å². The molecule has 31 heavy (non-hydrogen) atoms. The van der Waals surface area contributed by atoms with E-state index in [1.54, 1.807) is 20.8 Å². The lowest BCUT2D eigenvalue weighted by Gasteiger charge is -2.40. The summed E-state index contributed by atoms with van der Waals surface area (Å²) < 4.78 is 34.2. The Bertz CT molecular complexity index is 966. The molecule has 176 valence electrons. The molecule has 1 aliphatic rings. The molecular weight excluding hydrogens is 499 g/mol. The van der Waals surface area contributed by atoms with Crippen LogP contribution in [0.2, 0.25) is 18.1 Å². The number of aromatic nitrogens is 1. The fourth-order valence-electron chi connectivity index (χ4n) is 4.33. The van der Waals surface area contributed by atoms with Crippen molar-refractivity contribution in [3.05, 3.63) is 22.2 Å². The highest BCUT2D eigenvalue weighted by atomic mass is 79.9. The van der Waals surface area contributed by atoms with Crippen LogP contribution in [0.5, 0.6) is 0 Å². The minimum Gasteiger partial charge on any atom is -0.396 e. The van der Waals surface area contributed by atoms with Crippen LogP contribution in [0.3, 0.4) is 0 Å². The third kappa shape index (κ3) is 4.63. The van der Waals surface area contributed by atoms with Gasteiger partial charge in [0.2, 0.25) is 0 Å². The third-order valence-electron chi connectivity index (χ3n) is 6.91. The molecule has 0 saturated heterocycles. The van der Waals surface area contributed by atoms with Crippen LogP contribution in [0.15, 0.2) is 20.0 Å². The van der Waals surface area contributed by atoms with Gasteiger partial charge in [0, 0.05) is 6.61 Å². The standard InChI is InChI=1S/C21H36BrFN4O2SSi/c1-7-31(8-2,9-3)15-13-16(22)26-18(17(15)23)21(6)14-30(29,25-11-10-12-28)20(4,5)19(24)27-21/h13,28H,7-12,14H2,1-6H3,(H2,24,27)/t21-,30?/m0/s1. The van der Waals surface area contributed by atoms with Crippen LogP contribution >= 0.6 is 15.9 Å². The van der Waals surface area contributed by atoms with Gasteiger partial charge in [0.05, 0.1) is 30.1 Å². The van der Waals surface area contributed by atoms with Crippen LogP contribution < -0.4 is 10.9 Å². The van der Waals surface area contributed by atoms with Gasteiger partial charge in [-0.25, -0.2) is 17.9 Å². The van der Waals surface area contributed by atoms with E-state index in [0.29, 0.717) is 11.0 Å². The molecule has 1 aromatic heterocycles. The van der Waals surface area contributed by atoms with Crippen LogP contribution in [0.1, 0.15) is 53.7 Å². The van der Waals surface area contributed by atoms with E-state index in [1.165, 1.54) is 0 Å². The number of rotatable bonds is 8. The fourth-order valence-corrected chi connectivity index (χ4v) is 11.2. The van der Waals surface area contributed by atoms with Crippen LogP contribution in [-0.4, -0.2) is 51.9 Å². The molecule has 0 bridgehead atoms. The zero-order valence-electron chi connectivity index (χ0n) is 19.5. The number of aliphatic hydroxyl groups is 1. The molecular formula is C21H36BrFN4O2SSi. The molecule has 0 saturated carbocycles. The van der Waals surface area contributed by atoms with Crippen molar-refractivity contribution in [1.29, 1.82) is 0 Å². The molecule has 0 aromatic carbocycles. The molecule has 10 heteroatoms. The Hall–Kier alpha value is -0.843. The quantitative estimate of drug-likeness (QED) is 0.299. The van der Waals surface area contributed by atoms with Crippen molar-refractivity contribution >= 4 is 44.8 Å². The number of aliphatic hydroxyl groups excluding tert-OH is 1. The number of hydrogen-bond donors (Lipinski definition) is 2. The number of pyridine rings is 1. The molecule has 0 aliphatic carbocycles. The zero-order valence-corrected chi connectivity index (χ0v) is 22.9. The van der Waals surface area contributed by atoms with Crippen LogP contribution in [0.25, 0.3) is 0 Å². The van der Waals surface area contributed by atoms with E-state index >= 15 is 4.39 Å². The first-order valence-electron chi connectivity index (χ1n) is 10.9. The average molecular weight is 536 g/mol. The highest BCUT2D eigenvalue weighted by Crippen LogP contribution is 2.39. The summed E-state index contributed by atoms with van der Waals surface area (Å²) in [5.74, 6) is -0.138. The summed E-state index contributed by atoms with van der Waals surface area (Å²) in [5.41, 5.74) is 5.28. The Morgan fingerprint density at radius 1 is 1.29 bits per heavy atom. The van der Waals surface area contributed by atoms with Gasteiger partial charge in [0.25, 0.3) is 0 Å². The molecule has 6 nitrogen and oxygen atoms in total. The summed E-state index contributed by atoms with van der Waals surface area (Å²) in [5, 5.41) is 9.86. The van der Waals surface area contributed by atoms with Crippen molar-refractivity contribution in [1.82, 2.24) is 4.98 Å². The van der Waals surface area contributed by atoms with Crippen molar-refractivity contribution in [2.75, 3.05) is 18.9 Å². The van der Waals surface area contributed by atoms with Gasteiger partial charge in [-0.15, -0.1) is 0 Å². The Morgan fingerprint density at radius 2 is 1.87 bits per heavy atom. The lowest BCUT2D eigenvalue weighted by molar-refractivity contribution is 0.291. The molecule has 1 aromatic rings. The van der Waals surface area contributed by atoms with E-state index in [4.69, 9.17) is 10.8 Å². The van der Waals surface area contributed by atoms with Crippen LogP contribution in [0, 0.1) is 5.82 Å². The van der Waals surface area contributed by atoms with Crippen molar-refractivity contribution in [2.24, 2.45) is 15.1 Å². The van der Waals surface area contributed by atoms with Gasteiger partial charge in [0.15, 0.2) is 0 Å². The molecule has 2 atom stereocenters. The summed E-state index contributed by atoms with van der Waals surface area (Å²) >= 11 is 3.48. The topological polar surface area (TPSA) is 101 Å². The SMILES string of the molecule is CC[Si](CC)(CC)c1cc(Br)nc([C@]2(C)CS(=O)(=NCCCO)C(C)(C)C(N)=N2)c1F. The van der Waals surface area contributed by atoms with Gasteiger partial charge >= 0.3 is 0 Å². The molecule has 1 aliphatic heterocycles. The molecule has 3 N–H and O–H groups in total. The number of halogens is 2. The summed E-state index contributed by atoms with van der Waals surface area (Å²) in [6.45, 7) is 11.8. The second-order valence-corrected chi connectivity index (χ2v) is 17.9. The predicted molar refractivity (Wildman–Crippen MR) is 134 cm³/mol. The maximum Gasteiger partial charge on any atom is 0.146 e. The summed E-state index contributed by atoms with van der Waals surface area (Å²) in [4.78, 5) is 9.14. The fraction of sp³-hybridized carbons (Fsp3) is 0.714. The van der Waals surface area contributed by atoms with Crippen molar-refractivity contribution < 1.29 is 13.7 Å². The summed E-state index contributed by atoms with van der Waals surface area (Å²) in [6, 6.07) is 4.59. The smallest absolute Gasteiger partial charge is 0.146 e. The van der Waals surface area contributed by atoms with E-state index in [1.807, 2.05) is 6.07 Å². The molecule has 0 fully saturated rings. The number of aliphatic imine (C=N–C) groups is 1. The molecule has 2 heterocycles. The van der Waals surface area contributed by atoms with Crippen molar-refractivity contribution in [2.45, 2.75) is 76.4 Å². The minimum absolute atomic E-state index is 0.0257. The molecule has 0 amide bonds. The molecule has 0 spiro atoms. The van der Waals surface area contributed by atoms with Gasteiger partial charge in [-0.2, -0.15) is 0 Å². The Kier molecular flexibility index (Phi) is 8.15. The van der Waals surface area contributed by atoms with Crippen LogP contribution in [-0.2, 0) is 15.3 Å². The van der Waals surface area contributed by atoms with E-state index < -0.39 is 28.1 Å². The van der Waals surface area contributed by atoms with E-state index in [-0.39, 0.29) is 36.3 Å². The molecule has 1 unspecified atom stereocenters. The highest BCUT2D eigenvalue weighted by molar-refractivity contribution is 9.10. The van der Waals surface area contributed by atoms with Gasteiger partial charge in [-0.1, -0.05) is 38.9 Å². The zero-order chi connectivity index (χ0) is 23.7. The first-order chi connectivity index (χ1) is 14.4. The van der Waals surface area contributed by atoms with Crippen molar-refractivity contribution in [3.63, 3.8) is 0 Å². The lowest BCUT2D eigenvalue weighted by atomic mass is 9.98. The number of amidine groups is 1. The number of hydrogen-bond acceptors (Lipinski definition) is 6. The lowest BCUT2D eigenvalue weighted by Crippen LogP contribution is -2.56. The Labute approximate surface area is 195 Å². The molecule has 0 radical (unpaired) electrons. The Balaban J connectivity index is 2.77.